The van der Waals surface area contributed by atoms with E-state index in [1.807, 2.05) is 0 Å². The minimum atomic E-state index is -1.69. The number of aromatic nitrogens is 2. The summed E-state index contributed by atoms with van der Waals surface area (Å²) in [5.41, 5.74) is 0.678. The van der Waals surface area contributed by atoms with Gasteiger partial charge in [-0.15, -0.1) is 0 Å². The van der Waals surface area contributed by atoms with Crippen LogP contribution in [-0.2, 0) is 13.2 Å². The first-order valence-corrected chi connectivity index (χ1v) is 9.44. The standard InChI is InChI=1S/C22H14F5N3O3/c23-13-3-1-2-12(8-13)10-30-7-6-18(29-30)28-22(31)17-5-4-14(33-17)11-32-21-19(26)15(24)9-16(25)20(21)27/h1-9H,10-11H2,(H,28,29,31). The summed E-state index contributed by atoms with van der Waals surface area (Å²) in [5, 5.41) is 6.66. The van der Waals surface area contributed by atoms with E-state index in [0.29, 0.717) is 5.56 Å². The van der Waals surface area contributed by atoms with Crippen molar-refractivity contribution in [2.75, 3.05) is 5.32 Å². The van der Waals surface area contributed by atoms with Crippen LogP contribution in [0, 0.1) is 29.1 Å². The topological polar surface area (TPSA) is 69.3 Å². The van der Waals surface area contributed by atoms with E-state index >= 15 is 0 Å². The Bertz CT molecular complexity index is 1290. The summed E-state index contributed by atoms with van der Waals surface area (Å²) in [6.45, 7) is -0.310. The molecule has 0 aliphatic heterocycles. The van der Waals surface area contributed by atoms with E-state index in [0.717, 1.165) is 0 Å². The molecule has 4 aromatic rings. The number of furan rings is 1. The molecule has 4 rings (SSSR count). The number of benzene rings is 2. The third kappa shape index (κ3) is 5.03. The zero-order valence-electron chi connectivity index (χ0n) is 16.6. The maximum Gasteiger partial charge on any atom is 0.292 e. The van der Waals surface area contributed by atoms with E-state index in [4.69, 9.17) is 9.15 Å². The lowest BCUT2D eigenvalue weighted by molar-refractivity contribution is 0.0991. The fourth-order valence-corrected chi connectivity index (χ4v) is 2.92. The summed E-state index contributed by atoms with van der Waals surface area (Å²) in [5.74, 6) is -8.88. The number of carbonyl (C=O) groups excluding carboxylic acids is 1. The first-order chi connectivity index (χ1) is 15.8. The lowest BCUT2D eigenvalue weighted by Gasteiger charge is -2.08. The molecule has 0 bridgehead atoms. The highest BCUT2D eigenvalue weighted by atomic mass is 19.2. The molecular weight excluding hydrogens is 449 g/mol. The number of halogens is 5. The molecule has 0 unspecified atom stereocenters. The number of amides is 1. The van der Waals surface area contributed by atoms with Gasteiger partial charge in [0.2, 0.25) is 11.6 Å². The fourth-order valence-electron chi connectivity index (χ4n) is 2.92. The second-order valence-corrected chi connectivity index (χ2v) is 6.83. The van der Waals surface area contributed by atoms with Crippen molar-refractivity contribution in [2.45, 2.75) is 13.2 Å². The van der Waals surface area contributed by atoms with Gasteiger partial charge in [-0.25, -0.2) is 13.2 Å². The Hall–Kier alpha value is -4.15. The van der Waals surface area contributed by atoms with Crippen LogP contribution in [-0.4, -0.2) is 15.7 Å². The number of anilines is 1. The Morgan fingerprint density at radius 1 is 1.00 bits per heavy atom. The average molecular weight is 463 g/mol. The van der Waals surface area contributed by atoms with Crippen LogP contribution in [0.4, 0.5) is 27.8 Å². The normalized spacial score (nSPS) is 10.9. The smallest absolute Gasteiger partial charge is 0.292 e. The minimum Gasteiger partial charge on any atom is -0.479 e. The Morgan fingerprint density at radius 3 is 2.48 bits per heavy atom. The van der Waals surface area contributed by atoms with Crippen LogP contribution in [0.25, 0.3) is 0 Å². The molecule has 2 aromatic heterocycles. The number of ether oxygens (including phenoxy) is 1. The molecule has 170 valence electrons. The molecule has 11 heteroatoms. The number of hydrogen-bond donors (Lipinski definition) is 1. The molecule has 0 radical (unpaired) electrons. The molecule has 0 saturated heterocycles. The molecule has 0 atom stereocenters. The largest absolute Gasteiger partial charge is 0.479 e. The van der Waals surface area contributed by atoms with Crippen molar-refractivity contribution < 1.29 is 35.9 Å². The highest BCUT2D eigenvalue weighted by Gasteiger charge is 2.21. The van der Waals surface area contributed by atoms with Crippen LogP contribution in [0.3, 0.4) is 0 Å². The molecule has 1 amide bonds. The first-order valence-electron chi connectivity index (χ1n) is 9.44. The van der Waals surface area contributed by atoms with Crippen molar-refractivity contribution in [3.05, 3.63) is 101 Å². The van der Waals surface area contributed by atoms with Gasteiger partial charge >= 0.3 is 0 Å². The Balaban J connectivity index is 1.37. The van der Waals surface area contributed by atoms with Crippen LogP contribution >= 0.6 is 0 Å². The third-order valence-corrected chi connectivity index (χ3v) is 4.43. The molecule has 1 N–H and O–H groups in total. The molecule has 0 aliphatic carbocycles. The molecule has 33 heavy (non-hydrogen) atoms. The Labute approximate surface area is 183 Å². The van der Waals surface area contributed by atoms with Crippen LogP contribution < -0.4 is 10.1 Å². The van der Waals surface area contributed by atoms with Crippen LogP contribution in [0.1, 0.15) is 21.9 Å². The quantitative estimate of drug-likeness (QED) is 0.308. The van der Waals surface area contributed by atoms with Gasteiger partial charge in [0.25, 0.3) is 5.91 Å². The molecule has 2 heterocycles. The number of hydrogen-bond acceptors (Lipinski definition) is 4. The average Bonchev–Trinajstić information content (AvgIpc) is 3.42. The zero-order valence-corrected chi connectivity index (χ0v) is 16.6. The monoisotopic (exact) mass is 463 g/mol. The van der Waals surface area contributed by atoms with E-state index in [1.54, 1.807) is 18.3 Å². The zero-order chi connectivity index (χ0) is 23.5. The molecule has 0 spiro atoms. The highest BCUT2D eigenvalue weighted by Crippen LogP contribution is 2.27. The lowest BCUT2D eigenvalue weighted by atomic mass is 10.2. The maximum absolute atomic E-state index is 13.7. The van der Waals surface area contributed by atoms with E-state index in [-0.39, 0.29) is 35.8 Å². The summed E-state index contributed by atoms with van der Waals surface area (Å²) in [6, 6.07) is 10.1. The predicted octanol–water partition coefficient (Wildman–Crippen LogP) is 5.05. The van der Waals surface area contributed by atoms with Gasteiger partial charge in [-0.1, -0.05) is 12.1 Å². The summed E-state index contributed by atoms with van der Waals surface area (Å²) < 4.78 is 78.6. The number of carbonyl (C=O) groups is 1. The van der Waals surface area contributed by atoms with Crippen molar-refractivity contribution in [3.63, 3.8) is 0 Å². The summed E-state index contributed by atoms with van der Waals surface area (Å²) in [4.78, 5) is 12.3. The van der Waals surface area contributed by atoms with Crippen LogP contribution in [0.15, 0.2) is 59.1 Å². The molecule has 6 nitrogen and oxygen atoms in total. The molecule has 0 fully saturated rings. The Kier molecular flexibility index (Phi) is 6.11. The molecule has 0 aliphatic rings. The van der Waals surface area contributed by atoms with Crippen molar-refractivity contribution in [2.24, 2.45) is 0 Å². The maximum atomic E-state index is 13.7. The number of nitrogens with zero attached hydrogens (tertiary/aromatic N) is 2. The molecule has 2 aromatic carbocycles. The van der Waals surface area contributed by atoms with Gasteiger partial charge in [0, 0.05) is 18.3 Å². The van der Waals surface area contributed by atoms with Crippen LogP contribution in [0.2, 0.25) is 0 Å². The number of nitrogens with one attached hydrogen (secondary N) is 1. The van der Waals surface area contributed by atoms with E-state index in [1.165, 1.54) is 35.0 Å². The molecule has 0 saturated carbocycles. The first kappa shape index (κ1) is 22.1. The highest BCUT2D eigenvalue weighted by molar-refractivity contribution is 6.01. The minimum absolute atomic E-state index is 0.0275. The second kappa shape index (κ2) is 9.15. The SMILES string of the molecule is O=C(Nc1ccn(Cc2cccc(F)c2)n1)c1ccc(COc2c(F)c(F)cc(F)c2F)o1. The van der Waals surface area contributed by atoms with E-state index in [9.17, 15) is 26.7 Å². The second-order valence-electron chi connectivity index (χ2n) is 6.83. The lowest BCUT2D eigenvalue weighted by Crippen LogP contribution is -2.12. The summed E-state index contributed by atoms with van der Waals surface area (Å²) in [7, 11) is 0. The summed E-state index contributed by atoms with van der Waals surface area (Å²) >= 11 is 0. The fraction of sp³-hybridized carbons (Fsp3) is 0.0909. The van der Waals surface area contributed by atoms with Crippen molar-refractivity contribution in [3.8, 4) is 5.75 Å². The van der Waals surface area contributed by atoms with Gasteiger partial charge in [-0.05, 0) is 29.8 Å². The van der Waals surface area contributed by atoms with Gasteiger partial charge in [0.15, 0.2) is 29.0 Å². The van der Waals surface area contributed by atoms with Crippen molar-refractivity contribution >= 4 is 11.7 Å². The summed E-state index contributed by atoms with van der Waals surface area (Å²) in [6.07, 6.45) is 1.59. The van der Waals surface area contributed by atoms with E-state index in [2.05, 4.69) is 10.4 Å². The number of rotatable bonds is 7. The van der Waals surface area contributed by atoms with Crippen molar-refractivity contribution in [1.82, 2.24) is 9.78 Å². The van der Waals surface area contributed by atoms with Gasteiger partial charge in [0.05, 0.1) is 6.54 Å². The van der Waals surface area contributed by atoms with Gasteiger partial charge in [-0.3, -0.25) is 9.48 Å². The van der Waals surface area contributed by atoms with Crippen LogP contribution in [0.5, 0.6) is 5.75 Å². The molecular formula is C22H14F5N3O3. The predicted molar refractivity (Wildman–Crippen MR) is 105 cm³/mol. The van der Waals surface area contributed by atoms with Gasteiger partial charge < -0.3 is 14.5 Å². The van der Waals surface area contributed by atoms with Crippen molar-refractivity contribution in [1.29, 1.82) is 0 Å². The Morgan fingerprint density at radius 2 is 1.76 bits per heavy atom. The van der Waals surface area contributed by atoms with Gasteiger partial charge in [0.1, 0.15) is 18.2 Å². The van der Waals surface area contributed by atoms with E-state index < -0.39 is 41.5 Å². The third-order valence-electron chi connectivity index (χ3n) is 4.43. The van der Waals surface area contributed by atoms with Gasteiger partial charge in [-0.2, -0.15) is 13.9 Å².